The number of nitriles is 1. The van der Waals surface area contributed by atoms with Crippen LogP contribution in [0.1, 0.15) is 57.4 Å². The fourth-order valence-corrected chi connectivity index (χ4v) is 5.55. The van der Waals surface area contributed by atoms with E-state index in [0.29, 0.717) is 17.8 Å². The number of likely N-dealkylation sites (tertiary alicyclic amines) is 1. The molecule has 0 bridgehead atoms. The Morgan fingerprint density at radius 2 is 2.06 bits per heavy atom. The van der Waals surface area contributed by atoms with Gasteiger partial charge in [-0.05, 0) is 70.1 Å². The maximum Gasteiger partial charge on any atom is 0.411 e. The molecule has 1 aromatic rings. The van der Waals surface area contributed by atoms with Gasteiger partial charge in [-0.3, -0.25) is 10.1 Å². The Morgan fingerprint density at radius 1 is 1.28 bits per heavy atom. The predicted octanol–water partition coefficient (Wildman–Crippen LogP) is 3.25. The zero-order valence-electron chi connectivity index (χ0n) is 18.7. The second-order valence-corrected chi connectivity index (χ2v) is 9.21. The van der Waals surface area contributed by atoms with Gasteiger partial charge in [0.15, 0.2) is 0 Å². The van der Waals surface area contributed by atoms with Crippen LogP contribution in [0.3, 0.4) is 0 Å². The van der Waals surface area contributed by atoms with E-state index in [0.717, 1.165) is 63.7 Å². The number of hydrogen-bond donors (Lipinski definition) is 2. The Morgan fingerprint density at radius 3 is 2.78 bits per heavy atom. The third-order valence-corrected chi connectivity index (χ3v) is 7.21. The van der Waals surface area contributed by atoms with E-state index in [4.69, 9.17) is 4.74 Å². The van der Waals surface area contributed by atoms with Gasteiger partial charge in [0.05, 0.1) is 29.4 Å². The summed E-state index contributed by atoms with van der Waals surface area (Å²) >= 11 is 0. The molecule has 0 radical (unpaired) electrons. The van der Waals surface area contributed by atoms with Crippen LogP contribution >= 0.6 is 0 Å². The van der Waals surface area contributed by atoms with Gasteiger partial charge in [0, 0.05) is 31.4 Å². The molecule has 0 unspecified atom stereocenters. The number of anilines is 2. The second kappa shape index (κ2) is 9.37. The highest BCUT2D eigenvalue weighted by molar-refractivity contribution is 5.87. The molecule has 1 atom stereocenters. The Bertz CT molecular complexity index is 906. The highest BCUT2D eigenvalue weighted by Crippen LogP contribution is 2.44. The first-order valence-electron chi connectivity index (χ1n) is 11.7. The van der Waals surface area contributed by atoms with E-state index < -0.39 is 11.5 Å². The third kappa shape index (κ3) is 4.40. The van der Waals surface area contributed by atoms with Gasteiger partial charge in [-0.25, -0.2) is 4.79 Å². The number of ether oxygens (including phenoxy) is 1. The Labute approximate surface area is 189 Å². The highest BCUT2D eigenvalue weighted by atomic mass is 16.5. The molecule has 1 aromatic carbocycles. The van der Waals surface area contributed by atoms with E-state index >= 15 is 0 Å². The zero-order chi connectivity index (χ0) is 22.7. The molecule has 3 fully saturated rings. The summed E-state index contributed by atoms with van der Waals surface area (Å²) in [6, 6.07) is 7.75. The van der Waals surface area contributed by atoms with Crippen LogP contribution in [0.25, 0.3) is 0 Å². The van der Waals surface area contributed by atoms with Crippen LogP contribution in [0.15, 0.2) is 18.2 Å². The van der Waals surface area contributed by atoms with Gasteiger partial charge >= 0.3 is 6.09 Å². The lowest BCUT2D eigenvalue weighted by molar-refractivity contribution is -0.139. The summed E-state index contributed by atoms with van der Waals surface area (Å²) in [7, 11) is 0. The van der Waals surface area contributed by atoms with Crippen LogP contribution in [0.2, 0.25) is 0 Å². The van der Waals surface area contributed by atoms with E-state index in [9.17, 15) is 20.0 Å². The summed E-state index contributed by atoms with van der Waals surface area (Å²) in [6.45, 7) is 4.19. The maximum atomic E-state index is 13.5. The SMILES string of the molecule is CCOC(=O)Nc1ccc(N2CCC[C@@]3(CCN(C4CCC(O)CC4)C3=O)C2)c(C#N)c1. The standard InChI is InChI=1S/C24H32N4O4/c1-2-32-23(31)26-18-4-9-21(17(14-18)15-25)27-12-3-10-24(16-27)11-13-28(22(24)30)19-5-7-20(29)8-6-19/h4,9,14,19-20,29H,2-3,5-8,10-13,16H2,1H3,(H,26,31)/t19?,20?,24-/m1/s1. The average Bonchev–Trinajstić information content (AvgIpc) is 3.09. The fourth-order valence-electron chi connectivity index (χ4n) is 5.55. The second-order valence-electron chi connectivity index (χ2n) is 9.21. The van der Waals surface area contributed by atoms with Crippen molar-refractivity contribution < 1.29 is 19.4 Å². The summed E-state index contributed by atoms with van der Waals surface area (Å²) in [4.78, 5) is 29.5. The number of aliphatic hydroxyl groups excluding tert-OH is 1. The van der Waals surface area contributed by atoms with Gasteiger partial charge in [-0.15, -0.1) is 0 Å². The van der Waals surface area contributed by atoms with Crippen LogP contribution in [-0.4, -0.2) is 60.4 Å². The average molecular weight is 441 g/mol. The van der Waals surface area contributed by atoms with Crippen molar-refractivity contribution in [3.63, 3.8) is 0 Å². The topological polar surface area (TPSA) is 106 Å². The van der Waals surface area contributed by atoms with Crippen LogP contribution in [0, 0.1) is 16.7 Å². The minimum atomic E-state index is -0.548. The summed E-state index contributed by atoms with van der Waals surface area (Å²) in [5, 5.41) is 22.2. The number of hydrogen-bond acceptors (Lipinski definition) is 6. The molecule has 1 saturated carbocycles. The van der Waals surface area contributed by atoms with Crippen molar-refractivity contribution in [3.05, 3.63) is 23.8 Å². The van der Waals surface area contributed by atoms with Crippen molar-refractivity contribution in [3.8, 4) is 6.07 Å². The number of carbonyl (C=O) groups is 2. The van der Waals surface area contributed by atoms with E-state index in [1.54, 1.807) is 19.1 Å². The molecule has 0 aromatic heterocycles. The molecular formula is C24H32N4O4. The van der Waals surface area contributed by atoms with Crippen molar-refractivity contribution in [2.45, 2.75) is 64.0 Å². The highest BCUT2D eigenvalue weighted by Gasteiger charge is 2.50. The first-order chi connectivity index (χ1) is 15.5. The lowest BCUT2D eigenvalue weighted by atomic mass is 9.78. The summed E-state index contributed by atoms with van der Waals surface area (Å²) in [5.74, 6) is 0.239. The van der Waals surface area contributed by atoms with Crippen molar-refractivity contribution in [2.24, 2.45) is 5.41 Å². The van der Waals surface area contributed by atoms with Crippen molar-refractivity contribution in [1.82, 2.24) is 4.90 Å². The molecule has 2 aliphatic heterocycles. The third-order valence-electron chi connectivity index (χ3n) is 7.21. The zero-order valence-corrected chi connectivity index (χ0v) is 18.7. The lowest BCUT2D eigenvalue weighted by Crippen LogP contribution is -2.50. The molecule has 2 heterocycles. The maximum absolute atomic E-state index is 13.5. The number of carbonyl (C=O) groups excluding carboxylic acids is 2. The minimum absolute atomic E-state index is 0.228. The number of aliphatic hydroxyl groups is 1. The van der Waals surface area contributed by atoms with E-state index in [1.807, 2.05) is 6.07 Å². The Balaban J connectivity index is 1.49. The lowest BCUT2D eigenvalue weighted by Gasteiger charge is -2.41. The van der Waals surface area contributed by atoms with Gasteiger partial charge < -0.3 is 19.6 Å². The van der Waals surface area contributed by atoms with Gasteiger partial charge in [-0.2, -0.15) is 5.26 Å². The smallest absolute Gasteiger partial charge is 0.411 e. The molecule has 8 nitrogen and oxygen atoms in total. The first kappa shape index (κ1) is 22.4. The number of nitrogens with one attached hydrogen (secondary N) is 1. The van der Waals surface area contributed by atoms with E-state index in [-0.39, 0.29) is 24.7 Å². The van der Waals surface area contributed by atoms with Crippen LogP contribution < -0.4 is 10.2 Å². The molecule has 4 rings (SSSR count). The van der Waals surface area contributed by atoms with Gasteiger partial charge in [0.25, 0.3) is 0 Å². The number of piperidine rings is 1. The molecule has 2 amide bonds. The Kier molecular flexibility index (Phi) is 6.56. The van der Waals surface area contributed by atoms with Gasteiger partial charge in [0.2, 0.25) is 5.91 Å². The summed E-state index contributed by atoms with van der Waals surface area (Å²) in [5.41, 5.74) is 1.38. The summed E-state index contributed by atoms with van der Waals surface area (Å²) < 4.78 is 4.91. The largest absolute Gasteiger partial charge is 0.450 e. The number of amides is 2. The van der Waals surface area contributed by atoms with Crippen molar-refractivity contribution in [2.75, 3.05) is 36.5 Å². The summed E-state index contributed by atoms with van der Waals surface area (Å²) in [6.07, 6.45) is 5.12. The molecule has 1 spiro atoms. The van der Waals surface area contributed by atoms with Gasteiger partial charge in [0.1, 0.15) is 6.07 Å². The van der Waals surface area contributed by atoms with Gasteiger partial charge in [-0.1, -0.05) is 0 Å². The van der Waals surface area contributed by atoms with Crippen LogP contribution in [-0.2, 0) is 9.53 Å². The number of rotatable bonds is 4. The molecule has 8 heteroatoms. The predicted molar refractivity (Wildman–Crippen MR) is 120 cm³/mol. The molecular weight excluding hydrogens is 408 g/mol. The van der Waals surface area contributed by atoms with Crippen molar-refractivity contribution in [1.29, 1.82) is 5.26 Å². The normalized spacial score (nSPS) is 28.0. The first-order valence-corrected chi connectivity index (χ1v) is 11.7. The van der Waals surface area contributed by atoms with E-state index in [2.05, 4.69) is 21.2 Å². The van der Waals surface area contributed by atoms with Crippen molar-refractivity contribution >= 4 is 23.4 Å². The molecule has 172 valence electrons. The number of benzene rings is 1. The molecule has 2 N–H and O–H groups in total. The molecule has 3 aliphatic rings. The minimum Gasteiger partial charge on any atom is -0.450 e. The Hall–Kier alpha value is -2.79. The van der Waals surface area contributed by atoms with E-state index in [1.165, 1.54) is 0 Å². The van der Waals surface area contributed by atoms with Crippen LogP contribution in [0.5, 0.6) is 0 Å². The molecule has 1 aliphatic carbocycles. The quantitative estimate of drug-likeness (QED) is 0.745. The number of nitrogens with zero attached hydrogens (tertiary/aromatic N) is 3. The fraction of sp³-hybridized carbons (Fsp3) is 0.625. The van der Waals surface area contributed by atoms with Crippen LogP contribution in [0.4, 0.5) is 16.2 Å². The molecule has 2 saturated heterocycles. The monoisotopic (exact) mass is 440 g/mol. The molecule has 32 heavy (non-hydrogen) atoms.